The van der Waals surface area contributed by atoms with Gasteiger partial charge in [-0.05, 0) is 43.3 Å². The van der Waals surface area contributed by atoms with Crippen molar-refractivity contribution in [3.8, 4) is 0 Å². The van der Waals surface area contributed by atoms with E-state index in [-0.39, 0.29) is 0 Å². The molecule has 2 rings (SSSR count). The summed E-state index contributed by atoms with van der Waals surface area (Å²) in [5, 5.41) is 3.58. The van der Waals surface area contributed by atoms with Crippen molar-refractivity contribution < 1.29 is 0 Å². The minimum atomic E-state index is 0.593. The van der Waals surface area contributed by atoms with Crippen LogP contribution < -0.4 is 5.32 Å². The van der Waals surface area contributed by atoms with Crippen LogP contribution in [0.4, 0.5) is 0 Å². The molecule has 2 heteroatoms. The summed E-state index contributed by atoms with van der Waals surface area (Å²) in [4.78, 5) is 1.37. The molecule has 1 aromatic carbocycles. The zero-order valence-corrected chi connectivity index (χ0v) is 9.44. The molecule has 1 saturated heterocycles. The van der Waals surface area contributed by atoms with Crippen LogP contribution in [0.1, 0.15) is 30.9 Å². The first-order chi connectivity index (χ1) is 6.90. The maximum Gasteiger partial charge on any atom is 0.0320 e. The predicted octanol–water partition coefficient (Wildman–Crippen LogP) is 3.22. The predicted molar refractivity (Wildman–Crippen MR) is 62.8 cm³/mol. The fourth-order valence-electron chi connectivity index (χ4n) is 1.99. The second-order valence-electron chi connectivity index (χ2n) is 3.78. The third kappa shape index (κ3) is 2.31. The lowest BCUT2D eigenvalue weighted by Crippen LogP contribution is -2.26. The first-order valence-electron chi connectivity index (χ1n) is 5.27. The van der Waals surface area contributed by atoms with Gasteiger partial charge in [0.05, 0.1) is 0 Å². The number of piperidine rings is 1. The summed E-state index contributed by atoms with van der Waals surface area (Å²) in [5.74, 6) is 0. The van der Waals surface area contributed by atoms with Crippen LogP contribution >= 0.6 is 11.8 Å². The van der Waals surface area contributed by atoms with E-state index in [2.05, 4.69) is 35.8 Å². The van der Waals surface area contributed by atoms with E-state index in [0.717, 1.165) is 0 Å². The lowest BCUT2D eigenvalue weighted by molar-refractivity contribution is 0.412. The van der Waals surface area contributed by atoms with Gasteiger partial charge in [-0.15, -0.1) is 11.8 Å². The average Bonchev–Trinajstić information content (AvgIpc) is 2.30. The van der Waals surface area contributed by atoms with Gasteiger partial charge >= 0.3 is 0 Å². The Balaban J connectivity index is 2.13. The summed E-state index contributed by atoms with van der Waals surface area (Å²) in [6.45, 7) is 1.17. The number of nitrogens with one attached hydrogen (secondary N) is 1. The first kappa shape index (κ1) is 10.1. The molecule has 0 amide bonds. The molecule has 1 unspecified atom stereocenters. The smallest absolute Gasteiger partial charge is 0.0320 e. The van der Waals surface area contributed by atoms with Crippen LogP contribution in [0, 0.1) is 0 Å². The molecule has 0 aliphatic carbocycles. The van der Waals surface area contributed by atoms with E-state index in [1.807, 2.05) is 11.8 Å². The zero-order valence-electron chi connectivity index (χ0n) is 8.62. The average molecular weight is 207 g/mol. The molecule has 0 spiro atoms. The summed E-state index contributed by atoms with van der Waals surface area (Å²) in [6, 6.07) is 9.49. The third-order valence-corrected chi connectivity index (χ3v) is 3.53. The summed E-state index contributed by atoms with van der Waals surface area (Å²) in [5.41, 5.74) is 1.46. The summed E-state index contributed by atoms with van der Waals surface area (Å²) in [6.07, 6.45) is 6.12. The fourth-order valence-corrected chi connectivity index (χ4v) is 2.46. The van der Waals surface area contributed by atoms with E-state index in [9.17, 15) is 0 Å². The van der Waals surface area contributed by atoms with Gasteiger partial charge in [-0.3, -0.25) is 0 Å². The Bertz CT molecular complexity index is 292. The molecule has 1 aliphatic rings. The Morgan fingerprint density at radius 3 is 3.00 bits per heavy atom. The van der Waals surface area contributed by atoms with Crippen molar-refractivity contribution >= 4 is 11.8 Å². The van der Waals surface area contributed by atoms with E-state index in [4.69, 9.17) is 0 Å². The molecule has 0 aromatic heterocycles. The van der Waals surface area contributed by atoms with Crippen molar-refractivity contribution in [2.45, 2.75) is 30.2 Å². The van der Waals surface area contributed by atoms with E-state index < -0.39 is 0 Å². The number of benzene rings is 1. The quantitative estimate of drug-likeness (QED) is 0.747. The van der Waals surface area contributed by atoms with Crippen molar-refractivity contribution in [3.63, 3.8) is 0 Å². The molecule has 0 saturated carbocycles. The maximum atomic E-state index is 3.58. The van der Waals surface area contributed by atoms with Crippen molar-refractivity contribution in [2.75, 3.05) is 12.8 Å². The van der Waals surface area contributed by atoms with Crippen molar-refractivity contribution in [3.05, 3.63) is 29.8 Å². The molecule has 14 heavy (non-hydrogen) atoms. The molecule has 1 aromatic rings. The highest BCUT2D eigenvalue weighted by molar-refractivity contribution is 7.98. The maximum absolute atomic E-state index is 3.58. The minimum absolute atomic E-state index is 0.593. The topological polar surface area (TPSA) is 12.0 Å². The van der Waals surface area contributed by atoms with Gasteiger partial charge in [0.25, 0.3) is 0 Å². The van der Waals surface area contributed by atoms with Gasteiger partial charge < -0.3 is 5.32 Å². The molecule has 1 fully saturated rings. The largest absolute Gasteiger partial charge is 0.310 e. The van der Waals surface area contributed by atoms with E-state index >= 15 is 0 Å². The summed E-state index contributed by atoms with van der Waals surface area (Å²) in [7, 11) is 0. The van der Waals surface area contributed by atoms with Crippen LogP contribution in [0.3, 0.4) is 0 Å². The summed E-state index contributed by atoms with van der Waals surface area (Å²) >= 11 is 1.82. The fraction of sp³-hybridized carbons (Fsp3) is 0.500. The van der Waals surface area contributed by atoms with E-state index in [0.29, 0.717) is 6.04 Å². The Labute approximate surface area is 90.3 Å². The Morgan fingerprint density at radius 1 is 1.36 bits per heavy atom. The van der Waals surface area contributed by atoms with Crippen molar-refractivity contribution in [1.82, 2.24) is 5.32 Å². The number of hydrogen-bond acceptors (Lipinski definition) is 2. The van der Waals surface area contributed by atoms with Crippen LogP contribution in [-0.4, -0.2) is 12.8 Å². The zero-order chi connectivity index (χ0) is 9.80. The van der Waals surface area contributed by atoms with Gasteiger partial charge in [0, 0.05) is 10.9 Å². The van der Waals surface area contributed by atoms with Gasteiger partial charge in [0.1, 0.15) is 0 Å². The highest BCUT2D eigenvalue weighted by Gasteiger charge is 2.14. The Morgan fingerprint density at radius 2 is 2.29 bits per heavy atom. The van der Waals surface area contributed by atoms with Gasteiger partial charge in [0.15, 0.2) is 0 Å². The van der Waals surface area contributed by atoms with Crippen LogP contribution in [-0.2, 0) is 0 Å². The Kier molecular flexibility index (Phi) is 3.49. The number of thioether (sulfide) groups is 1. The highest BCUT2D eigenvalue weighted by Crippen LogP contribution is 2.25. The lowest BCUT2D eigenvalue weighted by atomic mass is 9.98. The first-order valence-corrected chi connectivity index (χ1v) is 6.50. The molecule has 1 N–H and O–H groups in total. The van der Waals surface area contributed by atoms with Crippen molar-refractivity contribution in [2.24, 2.45) is 0 Å². The molecule has 76 valence electrons. The van der Waals surface area contributed by atoms with Crippen molar-refractivity contribution in [1.29, 1.82) is 0 Å². The SMILES string of the molecule is CSc1cccc(C2CCCCN2)c1. The van der Waals surface area contributed by atoms with Gasteiger partial charge in [-0.1, -0.05) is 18.6 Å². The third-order valence-electron chi connectivity index (χ3n) is 2.81. The highest BCUT2D eigenvalue weighted by atomic mass is 32.2. The summed E-state index contributed by atoms with van der Waals surface area (Å²) < 4.78 is 0. The van der Waals surface area contributed by atoms with Gasteiger partial charge in [0.2, 0.25) is 0 Å². The number of hydrogen-bond donors (Lipinski definition) is 1. The van der Waals surface area contributed by atoms with Crippen LogP contribution in [0.5, 0.6) is 0 Å². The van der Waals surface area contributed by atoms with Gasteiger partial charge in [-0.25, -0.2) is 0 Å². The molecule has 0 bridgehead atoms. The molecule has 1 heterocycles. The lowest BCUT2D eigenvalue weighted by Gasteiger charge is -2.24. The standard InChI is InChI=1S/C12H17NS/c1-14-11-6-4-5-10(9-11)12-7-2-3-8-13-12/h4-6,9,12-13H,2-3,7-8H2,1H3. The molecular formula is C12H17NS. The second kappa shape index (κ2) is 4.85. The monoisotopic (exact) mass is 207 g/mol. The van der Waals surface area contributed by atoms with E-state index in [1.165, 1.54) is 36.3 Å². The number of rotatable bonds is 2. The van der Waals surface area contributed by atoms with E-state index in [1.54, 1.807) is 0 Å². The second-order valence-corrected chi connectivity index (χ2v) is 4.66. The molecular weight excluding hydrogens is 190 g/mol. The minimum Gasteiger partial charge on any atom is -0.310 e. The molecule has 1 aliphatic heterocycles. The molecule has 0 radical (unpaired) electrons. The van der Waals surface area contributed by atoms with Crippen LogP contribution in [0.15, 0.2) is 29.2 Å². The van der Waals surface area contributed by atoms with Crippen LogP contribution in [0.2, 0.25) is 0 Å². The van der Waals surface area contributed by atoms with Gasteiger partial charge in [-0.2, -0.15) is 0 Å². The Hall–Kier alpha value is -0.470. The normalized spacial score (nSPS) is 22.2. The van der Waals surface area contributed by atoms with Crippen LogP contribution in [0.25, 0.3) is 0 Å². The molecule has 1 nitrogen and oxygen atoms in total. The molecule has 1 atom stereocenters.